The van der Waals surface area contributed by atoms with Gasteiger partial charge < -0.3 is 4.74 Å². The first-order valence-corrected chi connectivity index (χ1v) is 10.6. The lowest BCUT2D eigenvalue weighted by atomic mass is 10.1. The second-order valence-electron chi connectivity index (χ2n) is 5.89. The van der Waals surface area contributed by atoms with Crippen molar-refractivity contribution in [2.75, 3.05) is 13.1 Å². The molecule has 0 radical (unpaired) electrons. The van der Waals surface area contributed by atoms with Crippen molar-refractivity contribution in [2.45, 2.75) is 11.0 Å². The van der Waals surface area contributed by atoms with E-state index in [4.69, 9.17) is 16.3 Å². The highest BCUT2D eigenvalue weighted by atomic mass is 35.5. The fourth-order valence-electron chi connectivity index (χ4n) is 2.72. The zero-order valence-corrected chi connectivity index (χ0v) is 16.0. The topological polar surface area (TPSA) is 59.5 Å². The van der Waals surface area contributed by atoms with Crippen molar-refractivity contribution in [3.05, 3.63) is 65.1 Å². The zero-order valence-electron chi connectivity index (χ0n) is 13.6. The minimum Gasteiger partial charge on any atom is -0.464 e. The van der Waals surface area contributed by atoms with Crippen LogP contribution in [0.25, 0.3) is 11.1 Å². The van der Waals surface area contributed by atoms with E-state index in [0.29, 0.717) is 23.3 Å². The van der Waals surface area contributed by atoms with Crippen LogP contribution in [0.1, 0.15) is 0 Å². The summed E-state index contributed by atoms with van der Waals surface area (Å²) in [4.78, 5) is 4.32. The largest absolute Gasteiger partial charge is 0.464 e. The van der Waals surface area contributed by atoms with Gasteiger partial charge in [0.25, 0.3) is 5.19 Å². The van der Waals surface area contributed by atoms with E-state index in [9.17, 15) is 8.42 Å². The van der Waals surface area contributed by atoms with Gasteiger partial charge in [-0.1, -0.05) is 47.2 Å². The Morgan fingerprint density at radius 2 is 1.88 bits per heavy atom. The Balaban J connectivity index is 1.45. The van der Waals surface area contributed by atoms with E-state index in [1.165, 1.54) is 15.6 Å². The van der Waals surface area contributed by atoms with E-state index < -0.39 is 10.0 Å². The number of hydrogen-bond donors (Lipinski definition) is 0. The Hall–Kier alpha value is -1.93. The monoisotopic (exact) mass is 406 g/mol. The number of hydrogen-bond acceptors (Lipinski definition) is 5. The lowest BCUT2D eigenvalue weighted by Crippen LogP contribution is -2.55. The maximum atomic E-state index is 12.7. The van der Waals surface area contributed by atoms with Crippen molar-refractivity contribution in [1.29, 1.82) is 0 Å². The molecule has 26 heavy (non-hydrogen) atoms. The molecule has 1 aliphatic heterocycles. The minimum absolute atomic E-state index is 0.151. The summed E-state index contributed by atoms with van der Waals surface area (Å²) < 4.78 is 32.4. The first kappa shape index (κ1) is 17.5. The maximum Gasteiger partial charge on any atom is 0.273 e. The third-order valence-electron chi connectivity index (χ3n) is 4.14. The Morgan fingerprint density at radius 1 is 1.12 bits per heavy atom. The van der Waals surface area contributed by atoms with Gasteiger partial charge in [0.05, 0.1) is 18.0 Å². The van der Waals surface area contributed by atoms with Gasteiger partial charge in [0.2, 0.25) is 10.0 Å². The standard InChI is InChI=1S/C18H15ClN2O3S2/c19-15-3-1-2-14(10-15)13-4-6-17(7-5-13)26(22,23)21-11-16(12-21)24-18-20-8-9-25-18/h1-10,16H,11-12H2. The summed E-state index contributed by atoms with van der Waals surface area (Å²) in [6, 6.07) is 14.3. The fourth-order valence-corrected chi connectivity index (χ4v) is 4.96. The highest BCUT2D eigenvalue weighted by Gasteiger charge is 2.38. The second kappa shape index (κ2) is 7.00. The van der Waals surface area contributed by atoms with Crippen LogP contribution in [0.5, 0.6) is 5.19 Å². The fraction of sp³-hybridized carbons (Fsp3) is 0.167. The molecule has 0 spiro atoms. The summed E-state index contributed by atoms with van der Waals surface area (Å²) in [7, 11) is -3.51. The van der Waals surface area contributed by atoms with Gasteiger partial charge in [-0.25, -0.2) is 13.4 Å². The van der Waals surface area contributed by atoms with Gasteiger partial charge in [0.1, 0.15) is 6.10 Å². The van der Waals surface area contributed by atoms with Crippen molar-refractivity contribution < 1.29 is 13.2 Å². The van der Waals surface area contributed by atoms with Crippen LogP contribution in [0, 0.1) is 0 Å². The van der Waals surface area contributed by atoms with Gasteiger partial charge in [0.15, 0.2) is 0 Å². The van der Waals surface area contributed by atoms with Gasteiger partial charge >= 0.3 is 0 Å². The second-order valence-corrected chi connectivity index (χ2v) is 9.13. The number of benzene rings is 2. The molecule has 1 aromatic heterocycles. The molecule has 0 amide bonds. The summed E-state index contributed by atoms with van der Waals surface area (Å²) >= 11 is 7.41. The quantitative estimate of drug-likeness (QED) is 0.644. The lowest BCUT2D eigenvalue weighted by molar-refractivity contribution is 0.0759. The van der Waals surface area contributed by atoms with Gasteiger partial charge in [-0.3, -0.25) is 0 Å². The number of sulfonamides is 1. The Kier molecular flexibility index (Phi) is 4.71. The van der Waals surface area contributed by atoms with Crippen LogP contribution in [0.3, 0.4) is 0 Å². The number of rotatable bonds is 5. The average Bonchev–Trinajstić information content (AvgIpc) is 3.11. The van der Waals surface area contributed by atoms with Gasteiger partial charge in [0, 0.05) is 16.6 Å². The van der Waals surface area contributed by atoms with Crippen LogP contribution in [0.2, 0.25) is 5.02 Å². The Labute approximate surface area is 160 Å². The van der Waals surface area contributed by atoms with E-state index in [-0.39, 0.29) is 11.0 Å². The molecule has 0 N–H and O–H groups in total. The normalized spacial score (nSPS) is 15.6. The molecule has 4 rings (SSSR count). The molecule has 1 aliphatic rings. The minimum atomic E-state index is -3.51. The first-order chi connectivity index (χ1) is 12.5. The van der Waals surface area contributed by atoms with Crippen molar-refractivity contribution >= 4 is 33.0 Å². The molecule has 2 heterocycles. The molecular formula is C18H15ClN2O3S2. The Bertz CT molecular complexity index is 999. The van der Waals surface area contributed by atoms with Crippen LogP contribution in [-0.4, -0.2) is 36.9 Å². The molecule has 0 atom stereocenters. The predicted molar refractivity (Wildman–Crippen MR) is 102 cm³/mol. The van der Waals surface area contributed by atoms with E-state index in [0.717, 1.165) is 11.1 Å². The molecule has 0 unspecified atom stereocenters. The molecule has 134 valence electrons. The molecular weight excluding hydrogens is 392 g/mol. The summed E-state index contributed by atoms with van der Waals surface area (Å²) in [6.45, 7) is 0.663. The number of nitrogens with zero attached hydrogens (tertiary/aromatic N) is 2. The summed E-state index contributed by atoms with van der Waals surface area (Å²) in [5.74, 6) is 0. The van der Waals surface area contributed by atoms with Crippen LogP contribution in [0.15, 0.2) is 65.0 Å². The molecule has 5 nitrogen and oxygen atoms in total. The third kappa shape index (κ3) is 3.48. The lowest BCUT2D eigenvalue weighted by Gasteiger charge is -2.37. The van der Waals surface area contributed by atoms with E-state index in [2.05, 4.69) is 4.98 Å². The highest BCUT2D eigenvalue weighted by molar-refractivity contribution is 7.89. The first-order valence-electron chi connectivity index (χ1n) is 7.95. The molecule has 1 fully saturated rings. The average molecular weight is 407 g/mol. The summed E-state index contributed by atoms with van der Waals surface area (Å²) in [6.07, 6.45) is 1.51. The van der Waals surface area contributed by atoms with E-state index in [1.807, 2.05) is 23.6 Å². The zero-order chi connectivity index (χ0) is 18.1. The smallest absolute Gasteiger partial charge is 0.273 e. The third-order valence-corrected chi connectivity index (χ3v) is 6.88. The maximum absolute atomic E-state index is 12.7. The van der Waals surface area contributed by atoms with Crippen LogP contribution in [-0.2, 0) is 10.0 Å². The van der Waals surface area contributed by atoms with Crippen molar-refractivity contribution in [3.8, 4) is 16.3 Å². The SMILES string of the molecule is O=S(=O)(c1ccc(-c2cccc(Cl)c2)cc1)N1CC(Oc2nccs2)C1. The van der Waals surface area contributed by atoms with Gasteiger partial charge in [-0.05, 0) is 35.4 Å². The van der Waals surface area contributed by atoms with Crippen molar-refractivity contribution in [3.63, 3.8) is 0 Å². The summed E-state index contributed by atoms with van der Waals surface area (Å²) in [5, 5.41) is 3.04. The van der Waals surface area contributed by atoms with Crippen LogP contribution in [0.4, 0.5) is 0 Å². The molecule has 0 bridgehead atoms. The van der Waals surface area contributed by atoms with Gasteiger partial charge in [-0.15, -0.1) is 0 Å². The molecule has 3 aromatic rings. The predicted octanol–water partition coefficient (Wildman–Crippen LogP) is 3.92. The summed E-state index contributed by atoms with van der Waals surface area (Å²) in [5.41, 5.74) is 1.86. The number of aromatic nitrogens is 1. The highest BCUT2D eigenvalue weighted by Crippen LogP contribution is 2.28. The molecule has 1 saturated heterocycles. The molecule has 0 saturated carbocycles. The van der Waals surface area contributed by atoms with Crippen LogP contribution >= 0.6 is 22.9 Å². The van der Waals surface area contributed by atoms with Gasteiger partial charge in [-0.2, -0.15) is 4.31 Å². The van der Waals surface area contributed by atoms with Crippen molar-refractivity contribution in [2.24, 2.45) is 0 Å². The molecule has 2 aromatic carbocycles. The Morgan fingerprint density at radius 3 is 2.54 bits per heavy atom. The van der Waals surface area contributed by atoms with Crippen LogP contribution < -0.4 is 4.74 Å². The van der Waals surface area contributed by atoms with E-state index >= 15 is 0 Å². The number of halogens is 1. The van der Waals surface area contributed by atoms with E-state index in [1.54, 1.807) is 36.5 Å². The molecule has 8 heteroatoms. The number of ether oxygens (including phenoxy) is 1. The van der Waals surface area contributed by atoms with Crippen molar-refractivity contribution in [1.82, 2.24) is 9.29 Å². The molecule has 0 aliphatic carbocycles. The number of thiazole rings is 1.